The van der Waals surface area contributed by atoms with E-state index in [1.165, 1.54) is 19.3 Å². The molecule has 3 N–H and O–H groups in total. The van der Waals surface area contributed by atoms with E-state index in [0.717, 1.165) is 25.2 Å². The Morgan fingerprint density at radius 3 is 2.17 bits per heavy atom. The van der Waals surface area contributed by atoms with Crippen LogP contribution < -0.4 is 5.73 Å². The predicted octanol–water partition coefficient (Wildman–Crippen LogP) is 2.46. The molecule has 3 heteroatoms. The number of nitrogens with two attached hydrogens (primary N) is 1. The molecule has 1 saturated heterocycles. The topological polar surface area (TPSA) is 49.5 Å². The molecule has 0 aromatic heterocycles. The van der Waals surface area contributed by atoms with E-state index in [1.54, 1.807) is 0 Å². The number of rotatable bonds is 1. The molecule has 2 rings (SSSR count). The molecule has 1 aliphatic carbocycles. The third kappa shape index (κ3) is 1.88. The van der Waals surface area contributed by atoms with Gasteiger partial charge in [0.25, 0.3) is 0 Å². The van der Waals surface area contributed by atoms with Crippen molar-refractivity contribution >= 4 is 0 Å². The molecule has 18 heavy (non-hydrogen) atoms. The molecule has 0 bridgehead atoms. The summed E-state index contributed by atoms with van der Waals surface area (Å²) in [5.74, 6) is 0. The van der Waals surface area contributed by atoms with Gasteiger partial charge in [0, 0.05) is 29.6 Å². The standard InChI is InChI=1S/C15H28N2O/c1-13(2)10-12(16)11-14(3,4)15(13,18)17-8-6-5-7-9-17/h10,18H,5-9,11,16H2,1-4H3. The Kier molecular flexibility index (Phi) is 3.27. The van der Waals surface area contributed by atoms with Crippen LogP contribution >= 0.6 is 0 Å². The fourth-order valence-corrected chi connectivity index (χ4v) is 4.17. The predicted molar refractivity (Wildman–Crippen MR) is 74.8 cm³/mol. The number of piperidine rings is 1. The summed E-state index contributed by atoms with van der Waals surface area (Å²) in [7, 11) is 0. The first-order valence-electron chi connectivity index (χ1n) is 7.15. The number of nitrogens with zero attached hydrogens (tertiary/aromatic N) is 1. The maximum Gasteiger partial charge on any atom is 0.132 e. The van der Waals surface area contributed by atoms with Crippen LogP contribution in [0.1, 0.15) is 53.4 Å². The van der Waals surface area contributed by atoms with Gasteiger partial charge in [0.15, 0.2) is 0 Å². The summed E-state index contributed by atoms with van der Waals surface area (Å²) in [6, 6.07) is 0. The van der Waals surface area contributed by atoms with Gasteiger partial charge in [0.1, 0.15) is 5.72 Å². The molecule has 2 aliphatic rings. The van der Waals surface area contributed by atoms with Crippen molar-refractivity contribution in [2.24, 2.45) is 16.6 Å². The molecule has 104 valence electrons. The Morgan fingerprint density at radius 2 is 1.67 bits per heavy atom. The Hall–Kier alpha value is -0.540. The minimum Gasteiger partial charge on any atom is -0.402 e. The van der Waals surface area contributed by atoms with Crippen LogP contribution in [0.3, 0.4) is 0 Å². The van der Waals surface area contributed by atoms with E-state index in [0.29, 0.717) is 0 Å². The number of likely N-dealkylation sites (tertiary alicyclic amines) is 1. The van der Waals surface area contributed by atoms with Crippen molar-refractivity contribution < 1.29 is 5.11 Å². The summed E-state index contributed by atoms with van der Waals surface area (Å²) in [6.07, 6.45) is 6.49. The van der Waals surface area contributed by atoms with E-state index in [-0.39, 0.29) is 10.8 Å². The summed E-state index contributed by atoms with van der Waals surface area (Å²) < 4.78 is 0. The minimum absolute atomic E-state index is 0.216. The second-order valence-electron chi connectivity index (χ2n) is 7.22. The van der Waals surface area contributed by atoms with Crippen molar-refractivity contribution in [3.63, 3.8) is 0 Å². The average molecular weight is 252 g/mol. The lowest BCUT2D eigenvalue weighted by Gasteiger charge is -2.60. The van der Waals surface area contributed by atoms with Gasteiger partial charge in [-0.1, -0.05) is 40.2 Å². The first-order chi connectivity index (χ1) is 8.21. The van der Waals surface area contributed by atoms with Crippen LogP contribution in [0.15, 0.2) is 11.8 Å². The van der Waals surface area contributed by atoms with E-state index in [1.807, 2.05) is 0 Å². The average Bonchev–Trinajstić information content (AvgIpc) is 2.25. The number of aliphatic hydroxyl groups is 1. The minimum atomic E-state index is -0.802. The van der Waals surface area contributed by atoms with Crippen LogP contribution in [-0.2, 0) is 0 Å². The zero-order valence-electron chi connectivity index (χ0n) is 12.3. The highest BCUT2D eigenvalue weighted by Crippen LogP contribution is 2.53. The third-order valence-corrected chi connectivity index (χ3v) is 4.85. The number of allylic oxidation sites excluding steroid dienone is 1. The Balaban J connectivity index is 2.43. The molecule has 1 aliphatic heterocycles. The zero-order valence-corrected chi connectivity index (χ0v) is 12.3. The zero-order chi connectivity index (χ0) is 13.6. The summed E-state index contributed by atoms with van der Waals surface area (Å²) in [5, 5.41) is 11.5. The van der Waals surface area contributed by atoms with Crippen LogP contribution in [0.5, 0.6) is 0 Å². The molecular weight excluding hydrogens is 224 g/mol. The molecule has 0 aromatic carbocycles. The maximum atomic E-state index is 11.5. The van der Waals surface area contributed by atoms with Crippen LogP contribution in [-0.4, -0.2) is 28.8 Å². The van der Waals surface area contributed by atoms with Crippen LogP contribution in [0.4, 0.5) is 0 Å². The molecule has 1 heterocycles. The van der Waals surface area contributed by atoms with Crippen molar-refractivity contribution in [1.29, 1.82) is 0 Å². The van der Waals surface area contributed by atoms with Crippen molar-refractivity contribution in [2.75, 3.05) is 13.1 Å². The Labute approximate surface area is 111 Å². The first-order valence-corrected chi connectivity index (χ1v) is 7.15. The molecule has 0 radical (unpaired) electrons. The second-order valence-corrected chi connectivity index (χ2v) is 7.22. The van der Waals surface area contributed by atoms with Crippen LogP contribution in [0, 0.1) is 10.8 Å². The first kappa shape index (κ1) is 13.9. The lowest BCUT2D eigenvalue weighted by atomic mass is 9.59. The van der Waals surface area contributed by atoms with Crippen LogP contribution in [0.2, 0.25) is 0 Å². The van der Waals surface area contributed by atoms with Gasteiger partial charge < -0.3 is 10.8 Å². The van der Waals surface area contributed by atoms with Gasteiger partial charge >= 0.3 is 0 Å². The van der Waals surface area contributed by atoms with Gasteiger partial charge in [-0.3, -0.25) is 4.90 Å². The molecule has 1 fully saturated rings. The van der Waals surface area contributed by atoms with Crippen molar-refractivity contribution in [3.8, 4) is 0 Å². The molecule has 0 saturated carbocycles. The monoisotopic (exact) mass is 252 g/mol. The van der Waals surface area contributed by atoms with Crippen LogP contribution in [0.25, 0.3) is 0 Å². The van der Waals surface area contributed by atoms with Crippen molar-refractivity contribution in [1.82, 2.24) is 4.90 Å². The van der Waals surface area contributed by atoms with Crippen molar-refractivity contribution in [3.05, 3.63) is 11.8 Å². The molecule has 1 atom stereocenters. The molecule has 0 spiro atoms. The quantitative estimate of drug-likeness (QED) is 0.753. The van der Waals surface area contributed by atoms with E-state index in [4.69, 9.17) is 5.73 Å². The summed E-state index contributed by atoms with van der Waals surface area (Å²) >= 11 is 0. The fraction of sp³-hybridized carbons (Fsp3) is 0.867. The van der Waals surface area contributed by atoms with Gasteiger partial charge in [-0.15, -0.1) is 0 Å². The normalized spacial score (nSPS) is 36.2. The summed E-state index contributed by atoms with van der Waals surface area (Å²) in [5.41, 5.74) is 5.65. The second kappa shape index (κ2) is 4.24. The number of hydrogen-bond donors (Lipinski definition) is 2. The van der Waals surface area contributed by atoms with Gasteiger partial charge in [-0.05, 0) is 19.3 Å². The van der Waals surface area contributed by atoms with Gasteiger partial charge in [0.05, 0.1) is 0 Å². The maximum absolute atomic E-state index is 11.5. The van der Waals surface area contributed by atoms with E-state index in [9.17, 15) is 5.11 Å². The van der Waals surface area contributed by atoms with Gasteiger partial charge in [-0.2, -0.15) is 0 Å². The van der Waals surface area contributed by atoms with Gasteiger partial charge in [-0.25, -0.2) is 0 Å². The highest BCUT2D eigenvalue weighted by Gasteiger charge is 2.58. The van der Waals surface area contributed by atoms with Gasteiger partial charge in [0.2, 0.25) is 0 Å². The molecule has 1 unspecified atom stereocenters. The van der Waals surface area contributed by atoms with E-state index >= 15 is 0 Å². The van der Waals surface area contributed by atoms with E-state index in [2.05, 4.69) is 38.7 Å². The Bertz CT molecular complexity index is 354. The third-order valence-electron chi connectivity index (χ3n) is 4.85. The lowest BCUT2D eigenvalue weighted by Crippen LogP contribution is -2.68. The number of hydrogen-bond acceptors (Lipinski definition) is 3. The lowest BCUT2D eigenvalue weighted by molar-refractivity contribution is -0.245. The largest absolute Gasteiger partial charge is 0.402 e. The fourth-order valence-electron chi connectivity index (χ4n) is 4.17. The molecule has 0 aromatic rings. The molecular formula is C15H28N2O. The van der Waals surface area contributed by atoms with Crippen molar-refractivity contribution in [2.45, 2.75) is 59.1 Å². The summed E-state index contributed by atoms with van der Waals surface area (Å²) in [4.78, 5) is 2.29. The smallest absolute Gasteiger partial charge is 0.132 e. The molecule has 0 amide bonds. The highest BCUT2D eigenvalue weighted by molar-refractivity contribution is 5.22. The van der Waals surface area contributed by atoms with E-state index < -0.39 is 5.72 Å². The Morgan fingerprint density at radius 1 is 1.11 bits per heavy atom. The SMILES string of the molecule is CC1(C)C=C(N)CC(C)(C)C1(O)N1CCCCC1. The highest BCUT2D eigenvalue weighted by atomic mass is 16.3. The summed E-state index contributed by atoms with van der Waals surface area (Å²) in [6.45, 7) is 10.5. The molecule has 3 nitrogen and oxygen atoms in total.